The number of ether oxygens (including phenoxy) is 1. The summed E-state index contributed by atoms with van der Waals surface area (Å²) in [7, 11) is 0. The summed E-state index contributed by atoms with van der Waals surface area (Å²) < 4.78 is 6.39. The van der Waals surface area contributed by atoms with E-state index in [1.165, 1.54) is 10.8 Å². The van der Waals surface area contributed by atoms with Crippen molar-refractivity contribution in [3.8, 4) is 5.75 Å². The number of hydrogen-bond acceptors (Lipinski definition) is 4. The van der Waals surface area contributed by atoms with Crippen LogP contribution >= 0.6 is 0 Å². The number of carbonyl (C=O) groups excluding carboxylic acids is 1. The van der Waals surface area contributed by atoms with Gasteiger partial charge in [0.25, 0.3) is 0 Å². The minimum Gasteiger partial charge on any atom is -0.410 e. The molecule has 1 aromatic carbocycles. The van der Waals surface area contributed by atoms with Crippen LogP contribution in [0.4, 0.5) is 10.6 Å². The number of benzene rings is 1. The summed E-state index contributed by atoms with van der Waals surface area (Å²) in [5, 5.41) is 0. The molecule has 2 N–H and O–H groups in total. The van der Waals surface area contributed by atoms with Crippen LogP contribution < -0.4 is 10.5 Å². The van der Waals surface area contributed by atoms with Crippen molar-refractivity contribution in [1.82, 2.24) is 9.55 Å². The van der Waals surface area contributed by atoms with Gasteiger partial charge in [0.1, 0.15) is 17.4 Å². The molecule has 0 radical (unpaired) electrons. The van der Waals surface area contributed by atoms with Crippen LogP contribution in [0.2, 0.25) is 0 Å². The lowest BCUT2D eigenvalue weighted by atomic mass is 10.3. The molecule has 5 heteroatoms. The van der Waals surface area contributed by atoms with Gasteiger partial charge in [0.15, 0.2) is 0 Å². The molecule has 0 amide bonds. The number of aromatic nitrogens is 2. The van der Waals surface area contributed by atoms with E-state index in [1.54, 1.807) is 31.2 Å². The molecular formula is C11H11N3O2. The quantitative estimate of drug-likeness (QED) is 0.790. The molecule has 0 aliphatic rings. The van der Waals surface area contributed by atoms with Crippen molar-refractivity contribution in [2.75, 3.05) is 5.73 Å². The van der Waals surface area contributed by atoms with Gasteiger partial charge in [0, 0.05) is 0 Å². The molecule has 0 spiro atoms. The minimum atomic E-state index is -0.520. The first-order valence-electron chi connectivity index (χ1n) is 4.75. The van der Waals surface area contributed by atoms with E-state index in [-0.39, 0.29) is 0 Å². The fourth-order valence-electron chi connectivity index (χ4n) is 1.32. The summed E-state index contributed by atoms with van der Waals surface area (Å²) in [6.07, 6.45) is 0.911. The predicted octanol–water partition coefficient (Wildman–Crippen LogP) is 1.82. The monoisotopic (exact) mass is 217 g/mol. The lowest BCUT2D eigenvalue weighted by molar-refractivity contribution is 0.201. The number of nitrogens with zero attached hydrogens (tertiary/aromatic N) is 2. The number of carbonyl (C=O) groups is 1. The number of nitrogen functional groups attached to an aromatic ring is 1. The number of aryl methyl sites for hydroxylation is 1. The standard InChI is InChI=1S/C11H11N3O2/c1-8-13-10(12)7-14(8)11(15)16-9-5-3-2-4-6-9/h2-7H,12H2,1H3. The van der Waals surface area contributed by atoms with Crippen LogP contribution in [-0.2, 0) is 0 Å². The van der Waals surface area contributed by atoms with Gasteiger partial charge < -0.3 is 10.5 Å². The van der Waals surface area contributed by atoms with Gasteiger partial charge >= 0.3 is 6.09 Å². The topological polar surface area (TPSA) is 70.1 Å². The molecule has 0 unspecified atom stereocenters. The Morgan fingerprint density at radius 1 is 1.38 bits per heavy atom. The fraction of sp³-hybridized carbons (Fsp3) is 0.0909. The molecule has 16 heavy (non-hydrogen) atoms. The lowest BCUT2D eigenvalue weighted by Crippen LogP contribution is -2.17. The second-order valence-corrected chi connectivity index (χ2v) is 3.26. The molecule has 0 saturated heterocycles. The molecule has 2 aromatic rings. The average molecular weight is 217 g/mol. The van der Waals surface area contributed by atoms with Crippen LogP contribution in [0.3, 0.4) is 0 Å². The third kappa shape index (κ3) is 2.03. The number of anilines is 1. The van der Waals surface area contributed by atoms with Crippen molar-refractivity contribution in [2.45, 2.75) is 6.92 Å². The summed E-state index contributed by atoms with van der Waals surface area (Å²) in [6.45, 7) is 1.68. The summed E-state index contributed by atoms with van der Waals surface area (Å²) in [5.74, 6) is 1.28. The summed E-state index contributed by atoms with van der Waals surface area (Å²) in [4.78, 5) is 15.6. The van der Waals surface area contributed by atoms with Crippen LogP contribution in [0.5, 0.6) is 5.75 Å². The highest BCUT2D eigenvalue weighted by Gasteiger charge is 2.11. The van der Waals surface area contributed by atoms with Crippen molar-refractivity contribution in [2.24, 2.45) is 0 Å². The molecule has 1 aromatic heterocycles. The fourth-order valence-corrected chi connectivity index (χ4v) is 1.32. The number of hydrogen-bond donors (Lipinski definition) is 1. The molecule has 5 nitrogen and oxygen atoms in total. The Morgan fingerprint density at radius 3 is 2.62 bits per heavy atom. The Hall–Kier alpha value is -2.30. The Morgan fingerprint density at radius 2 is 2.06 bits per heavy atom. The SMILES string of the molecule is Cc1nc(N)cn1C(=O)Oc1ccccc1. The zero-order valence-electron chi connectivity index (χ0n) is 8.75. The van der Waals surface area contributed by atoms with Gasteiger partial charge in [0.05, 0.1) is 6.20 Å². The zero-order chi connectivity index (χ0) is 11.5. The highest BCUT2D eigenvalue weighted by Crippen LogP contribution is 2.11. The average Bonchev–Trinajstić information content (AvgIpc) is 2.59. The van der Waals surface area contributed by atoms with Gasteiger partial charge in [-0.05, 0) is 19.1 Å². The van der Waals surface area contributed by atoms with Crippen molar-refractivity contribution < 1.29 is 9.53 Å². The number of rotatable bonds is 1. The van der Waals surface area contributed by atoms with E-state index >= 15 is 0 Å². The van der Waals surface area contributed by atoms with Crippen LogP contribution in [0, 0.1) is 6.92 Å². The summed E-state index contributed by atoms with van der Waals surface area (Å²) in [5.41, 5.74) is 5.47. The Bertz CT molecular complexity index is 505. The Kier molecular flexibility index (Phi) is 2.59. The molecule has 0 fully saturated rings. The molecule has 1 heterocycles. The molecule has 0 saturated carbocycles. The summed E-state index contributed by atoms with van der Waals surface area (Å²) in [6, 6.07) is 8.83. The highest BCUT2D eigenvalue weighted by atomic mass is 16.6. The van der Waals surface area contributed by atoms with E-state index in [0.717, 1.165) is 0 Å². The van der Waals surface area contributed by atoms with E-state index in [9.17, 15) is 4.79 Å². The van der Waals surface area contributed by atoms with Crippen molar-refractivity contribution in [3.63, 3.8) is 0 Å². The molecule has 0 atom stereocenters. The smallest absolute Gasteiger partial charge is 0.410 e. The lowest BCUT2D eigenvalue weighted by Gasteiger charge is -2.04. The van der Waals surface area contributed by atoms with Crippen molar-refractivity contribution >= 4 is 11.9 Å². The Labute approximate surface area is 92.5 Å². The summed E-state index contributed by atoms with van der Waals surface area (Å²) >= 11 is 0. The van der Waals surface area contributed by atoms with Crippen molar-refractivity contribution in [3.05, 3.63) is 42.4 Å². The van der Waals surface area contributed by atoms with E-state index in [2.05, 4.69) is 4.98 Å². The largest absolute Gasteiger partial charge is 0.425 e. The van der Waals surface area contributed by atoms with Crippen LogP contribution in [0.1, 0.15) is 5.82 Å². The van der Waals surface area contributed by atoms with Crippen LogP contribution in [-0.4, -0.2) is 15.6 Å². The van der Waals surface area contributed by atoms with Gasteiger partial charge in [0.2, 0.25) is 0 Å². The van der Waals surface area contributed by atoms with Crippen LogP contribution in [0.25, 0.3) is 0 Å². The molecular weight excluding hydrogens is 206 g/mol. The number of nitrogens with two attached hydrogens (primary N) is 1. The first kappa shape index (κ1) is 10.2. The van der Waals surface area contributed by atoms with Crippen molar-refractivity contribution in [1.29, 1.82) is 0 Å². The van der Waals surface area contributed by atoms with E-state index in [4.69, 9.17) is 10.5 Å². The number of imidazole rings is 1. The van der Waals surface area contributed by atoms with Gasteiger partial charge in [-0.1, -0.05) is 18.2 Å². The molecule has 82 valence electrons. The normalized spacial score (nSPS) is 10.1. The van der Waals surface area contributed by atoms with Gasteiger partial charge in [-0.3, -0.25) is 0 Å². The first-order chi connectivity index (χ1) is 7.66. The highest BCUT2D eigenvalue weighted by molar-refractivity contribution is 5.74. The molecule has 2 rings (SSSR count). The Balaban J connectivity index is 2.18. The van der Waals surface area contributed by atoms with Gasteiger partial charge in [-0.25, -0.2) is 14.3 Å². The van der Waals surface area contributed by atoms with E-state index < -0.39 is 6.09 Å². The van der Waals surface area contributed by atoms with Gasteiger partial charge in [-0.15, -0.1) is 0 Å². The third-order valence-corrected chi connectivity index (χ3v) is 2.05. The maximum absolute atomic E-state index is 11.7. The maximum Gasteiger partial charge on any atom is 0.425 e. The molecule has 0 aliphatic heterocycles. The minimum absolute atomic E-state index is 0.294. The maximum atomic E-state index is 11.7. The van der Waals surface area contributed by atoms with E-state index in [0.29, 0.717) is 17.4 Å². The molecule has 0 bridgehead atoms. The van der Waals surface area contributed by atoms with Crippen LogP contribution in [0.15, 0.2) is 36.5 Å². The second kappa shape index (κ2) is 4.06. The third-order valence-electron chi connectivity index (χ3n) is 2.05. The first-order valence-corrected chi connectivity index (χ1v) is 4.75. The molecule has 0 aliphatic carbocycles. The van der Waals surface area contributed by atoms with E-state index in [1.807, 2.05) is 6.07 Å². The van der Waals surface area contributed by atoms with Gasteiger partial charge in [-0.2, -0.15) is 0 Å². The predicted molar refractivity (Wildman–Crippen MR) is 59.2 cm³/mol. The number of para-hydroxylation sites is 1. The zero-order valence-corrected chi connectivity index (χ0v) is 8.75. The second-order valence-electron chi connectivity index (χ2n) is 3.26.